The summed E-state index contributed by atoms with van der Waals surface area (Å²) >= 11 is 0. The summed E-state index contributed by atoms with van der Waals surface area (Å²) in [6.45, 7) is 3.38. The number of hydrogen-bond donors (Lipinski definition) is 0. The lowest BCUT2D eigenvalue weighted by atomic mass is 10.1. The molecule has 3 nitrogen and oxygen atoms in total. The monoisotopic (exact) mass is 309 g/mol. The van der Waals surface area contributed by atoms with Crippen molar-refractivity contribution in [2.45, 2.75) is 32.7 Å². The molecule has 0 unspecified atom stereocenters. The van der Waals surface area contributed by atoms with E-state index in [1.54, 1.807) is 12.1 Å². The minimum absolute atomic E-state index is 0.0232. The third-order valence-corrected chi connectivity index (χ3v) is 3.72. The Morgan fingerprint density at radius 1 is 0.870 bits per heavy atom. The van der Waals surface area contributed by atoms with Gasteiger partial charge in [0.1, 0.15) is 0 Å². The van der Waals surface area contributed by atoms with Crippen LogP contribution in [-0.2, 0) is 11.3 Å². The maximum Gasteiger partial charge on any atom is 0.223 e. The summed E-state index contributed by atoms with van der Waals surface area (Å²) in [5, 5.41) is 0. The van der Waals surface area contributed by atoms with Crippen LogP contribution in [0.3, 0.4) is 0 Å². The Balaban J connectivity index is 1.92. The number of ketones is 1. The van der Waals surface area contributed by atoms with Gasteiger partial charge in [0.2, 0.25) is 5.91 Å². The molecule has 1 amide bonds. The Labute approximate surface area is 137 Å². The molecule has 0 saturated carbocycles. The number of nitrogens with zero attached hydrogens (tertiary/aromatic N) is 1. The van der Waals surface area contributed by atoms with E-state index in [-0.39, 0.29) is 24.5 Å². The van der Waals surface area contributed by atoms with Crippen molar-refractivity contribution in [3.63, 3.8) is 0 Å². The quantitative estimate of drug-likeness (QED) is 0.689. The van der Waals surface area contributed by atoms with Crippen molar-refractivity contribution < 1.29 is 9.59 Å². The van der Waals surface area contributed by atoms with E-state index < -0.39 is 0 Å². The predicted molar refractivity (Wildman–Crippen MR) is 92.2 cm³/mol. The minimum atomic E-state index is 0.0232. The van der Waals surface area contributed by atoms with Crippen LogP contribution in [0, 0.1) is 0 Å². The molecule has 0 fully saturated rings. The molecule has 120 valence electrons. The second-order valence-corrected chi connectivity index (χ2v) is 5.59. The predicted octanol–water partition coefficient (Wildman–Crippen LogP) is 4.09. The second-order valence-electron chi connectivity index (χ2n) is 5.59. The summed E-state index contributed by atoms with van der Waals surface area (Å²) in [5.41, 5.74) is 1.79. The van der Waals surface area contributed by atoms with Gasteiger partial charge in [0.25, 0.3) is 0 Å². The van der Waals surface area contributed by atoms with Gasteiger partial charge in [-0.3, -0.25) is 9.59 Å². The van der Waals surface area contributed by atoms with Gasteiger partial charge in [0, 0.05) is 31.5 Å². The highest BCUT2D eigenvalue weighted by Gasteiger charge is 2.15. The molecule has 0 spiro atoms. The number of carbonyl (C=O) groups is 2. The molecule has 0 bridgehead atoms. The van der Waals surface area contributed by atoms with Gasteiger partial charge in [-0.2, -0.15) is 0 Å². The van der Waals surface area contributed by atoms with Gasteiger partial charge < -0.3 is 4.90 Å². The topological polar surface area (TPSA) is 37.4 Å². The zero-order chi connectivity index (χ0) is 16.5. The highest BCUT2D eigenvalue weighted by molar-refractivity contribution is 5.97. The van der Waals surface area contributed by atoms with Crippen LogP contribution in [0.1, 0.15) is 42.1 Å². The Morgan fingerprint density at radius 3 is 2.09 bits per heavy atom. The zero-order valence-electron chi connectivity index (χ0n) is 13.6. The first-order chi connectivity index (χ1) is 11.2. The Hall–Kier alpha value is -2.42. The first-order valence-electron chi connectivity index (χ1n) is 8.10. The number of carbonyl (C=O) groups excluding carboxylic acids is 2. The molecule has 0 N–H and O–H groups in total. The van der Waals surface area contributed by atoms with Crippen molar-refractivity contribution in [3.05, 3.63) is 71.8 Å². The molecule has 2 aromatic rings. The lowest BCUT2D eigenvalue weighted by molar-refractivity contribution is -0.131. The van der Waals surface area contributed by atoms with E-state index in [9.17, 15) is 9.59 Å². The molecule has 2 aromatic carbocycles. The highest BCUT2D eigenvalue weighted by atomic mass is 16.2. The fraction of sp³-hybridized carbons (Fsp3) is 0.300. The smallest absolute Gasteiger partial charge is 0.223 e. The molecule has 2 rings (SSSR count). The standard InChI is InChI=1S/C20H23NO2/c1-2-15-21(16-17-9-5-3-6-10-17)20(23)14-13-19(22)18-11-7-4-8-12-18/h3-12H,2,13-16H2,1H3. The van der Waals surface area contributed by atoms with Gasteiger partial charge in [0.15, 0.2) is 5.78 Å². The number of amides is 1. The highest BCUT2D eigenvalue weighted by Crippen LogP contribution is 2.10. The molecule has 0 saturated heterocycles. The third kappa shape index (κ3) is 5.37. The van der Waals surface area contributed by atoms with Crippen LogP contribution < -0.4 is 0 Å². The van der Waals surface area contributed by atoms with Crippen LogP contribution in [-0.4, -0.2) is 23.1 Å². The van der Waals surface area contributed by atoms with Crippen molar-refractivity contribution in [2.75, 3.05) is 6.54 Å². The second kappa shape index (κ2) is 8.89. The molecule has 0 aliphatic rings. The average molecular weight is 309 g/mol. The van der Waals surface area contributed by atoms with Crippen molar-refractivity contribution in [2.24, 2.45) is 0 Å². The largest absolute Gasteiger partial charge is 0.338 e. The number of Topliss-reactive ketones (excluding diaryl/α,β-unsaturated/α-hetero) is 1. The molecule has 3 heteroatoms. The lowest BCUT2D eigenvalue weighted by Crippen LogP contribution is -2.31. The van der Waals surface area contributed by atoms with Gasteiger partial charge >= 0.3 is 0 Å². The minimum Gasteiger partial charge on any atom is -0.338 e. The molecule has 0 atom stereocenters. The summed E-state index contributed by atoms with van der Waals surface area (Å²) in [5.74, 6) is 0.0649. The van der Waals surface area contributed by atoms with Crippen LogP contribution in [0.2, 0.25) is 0 Å². The first-order valence-corrected chi connectivity index (χ1v) is 8.10. The average Bonchev–Trinajstić information content (AvgIpc) is 2.60. The van der Waals surface area contributed by atoms with Crippen molar-refractivity contribution in [3.8, 4) is 0 Å². The maximum atomic E-state index is 12.4. The molecular weight excluding hydrogens is 286 g/mol. The van der Waals surface area contributed by atoms with Crippen LogP contribution in [0.4, 0.5) is 0 Å². The normalized spacial score (nSPS) is 10.3. The van der Waals surface area contributed by atoms with Gasteiger partial charge in [0.05, 0.1) is 0 Å². The molecular formula is C20H23NO2. The number of benzene rings is 2. The van der Waals surface area contributed by atoms with E-state index in [1.807, 2.05) is 53.4 Å². The third-order valence-electron chi connectivity index (χ3n) is 3.72. The van der Waals surface area contributed by atoms with Crippen LogP contribution in [0.25, 0.3) is 0 Å². The first kappa shape index (κ1) is 16.9. The van der Waals surface area contributed by atoms with Gasteiger partial charge in [-0.1, -0.05) is 67.6 Å². The number of hydrogen-bond acceptors (Lipinski definition) is 2. The molecule has 0 radical (unpaired) electrons. The van der Waals surface area contributed by atoms with E-state index >= 15 is 0 Å². The maximum absolute atomic E-state index is 12.4. The fourth-order valence-corrected chi connectivity index (χ4v) is 2.51. The van der Waals surface area contributed by atoms with E-state index in [0.717, 1.165) is 12.0 Å². The van der Waals surface area contributed by atoms with E-state index in [4.69, 9.17) is 0 Å². The van der Waals surface area contributed by atoms with Crippen molar-refractivity contribution >= 4 is 11.7 Å². The van der Waals surface area contributed by atoms with Gasteiger partial charge in [-0.05, 0) is 12.0 Å². The summed E-state index contributed by atoms with van der Waals surface area (Å²) in [4.78, 5) is 26.4. The summed E-state index contributed by atoms with van der Waals surface area (Å²) in [6, 6.07) is 19.1. The van der Waals surface area contributed by atoms with Gasteiger partial charge in [-0.15, -0.1) is 0 Å². The molecule has 23 heavy (non-hydrogen) atoms. The SMILES string of the molecule is CCCN(Cc1ccccc1)C(=O)CCC(=O)c1ccccc1. The fourth-order valence-electron chi connectivity index (χ4n) is 2.51. The summed E-state index contributed by atoms with van der Waals surface area (Å²) in [6.07, 6.45) is 1.43. The summed E-state index contributed by atoms with van der Waals surface area (Å²) < 4.78 is 0. The van der Waals surface area contributed by atoms with Crippen LogP contribution in [0.5, 0.6) is 0 Å². The Bertz CT molecular complexity index is 623. The molecule has 0 aliphatic heterocycles. The van der Waals surface area contributed by atoms with Gasteiger partial charge in [-0.25, -0.2) is 0 Å². The van der Waals surface area contributed by atoms with E-state index in [2.05, 4.69) is 6.92 Å². The zero-order valence-corrected chi connectivity index (χ0v) is 13.6. The Kier molecular flexibility index (Phi) is 6.55. The number of rotatable bonds is 8. The van der Waals surface area contributed by atoms with E-state index in [1.165, 1.54) is 0 Å². The Morgan fingerprint density at radius 2 is 1.48 bits per heavy atom. The summed E-state index contributed by atoms with van der Waals surface area (Å²) in [7, 11) is 0. The lowest BCUT2D eigenvalue weighted by Gasteiger charge is -2.22. The van der Waals surface area contributed by atoms with Crippen molar-refractivity contribution in [1.29, 1.82) is 0 Å². The molecule has 0 aliphatic carbocycles. The van der Waals surface area contributed by atoms with Crippen LogP contribution >= 0.6 is 0 Å². The van der Waals surface area contributed by atoms with Crippen LogP contribution in [0.15, 0.2) is 60.7 Å². The molecule has 0 heterocycles. The van der Waals surface area contributed by atoms with E-state index in [0.29, 0.717) is 18.7 Å². The van der Waals surface area contributed by atoms with Crippen molar-refractivity contribution in [1.82, 2.24) is 4.90 Å². The molecule has 0 aromatic heterocycles.